The summed E-state index contributed by atoms with van der Waals surface area (Å²) in [5.74, 6) is 0. The highest BCUT2D eigenvalue weighted by molar-refractivity contribution is 9.10. The molecule has 1 aromatic rings. The van der Waals surface area contributed by atoms with Crippen LogP contribution in [0.25, 0.3) is 0 Å². The summed E-state index contributed by atoms with van der Waals surface area (Å²) in [4.78, 5) is 4.18. The summed E-state index contributed by atoms with van der Waals surface area (Å²) in [5.41, 5.74) is -0.939. The molecule has 3 nitrogen and oxygen atoms in total. The summed E-state index contributed by atoms with van der Waals surface area (Å²) in [7, 11) is 1.57. The van der Waals surface area contributed by atoms with Gasteiger partial charge in [0.25, 0.3) is 0 Å². The largest absolute Gasteiger partial charge is 0.381 e. The van der Waals surface area contributed by atoms with Crippen LogP contribution in [0.4, 0.5) is 0 Å². The Morgan fingerprint density at radius 2 is 2.46 bits per heavy atom. The van der Waals surface area contributed by atoms with E-state index in [0.717, 1.165) is 4.60 Å². The van der Waals surface area contributed by atoms with Gasteiger partial charge in [-0.25, -0.2) is 4.98 Å². The van der Waals surface area contributed by atoms with Crippen LogP contribution in [0.5, 0.6) is 0 Å². The molecule has 0 amide bonds. The fourth-order valence-electron chi connectivity index (χ4n) is 1.02. The zero-order valence-electron chi connectivity index (χ0n) is 7.58. The summed E-state index contributed by atoms with van der Waals surface area (Å²) in [5, 5.41) is 12.7. The van der Waals surface area contributed by atoms with E-state index in [-0.39, 0.29) is 6.61 Å². The molecule has 0 aliphatic carbocycles. The van der Waals surface area contributed by atoms with Crippen molar-refractivity contribution in [3.63, 3.8) is 0 Å². The number of hydrogen-bond donors (Lipinski definition) is 1. The van der Waals surface area contributed by atoms with E-state index in [2.05, 4.69) is 20.9 Å². The fraction of sp³-hybridized carbons (Fsp3) is 0.625. The molecule has 1 atom stereocenters. The van der Waals surface area contributed by atoms with Crippen molar-refractivity contribution in [1.82, 2.24) is 4.98 Å². The first-order valence-electron chi connectivity index (χ1n) is 3.95. The van der Waals surface area contributed by atoms with Crippen LogP contribution >= 0.6 is 27.3 Å². The average molecular weight is 266 g/mol. The molecule has 1 aromatic heterocycles. The average Bonchev–Trinajstić information content (AvgIpc) is 2.52. The summed E-state index contributed by atoms with van der Waals surface area (Å²) in [6.07, 6.45) is 0.598. The maximum absolute atomic E-state index is 10.1. The number of methoxy groups -OCH3 is 1. The Bertz CT molecular complexity index is 279. The SMILES string of the molecule is CCC(O)(COC)c1nc(Br)cs1. The van der Waals surface area contributed by atoms with E-state index >= 15 is 0 Å². The minimum atomic E-state index is -0.939. The van der Waals surface area contributed by atoms with E-state index in [0.29, 0.717) is 11.4 Å². The predicted molar refractivity (Wildman–Crippen MR) is 55.9 cm³/mol. The van der Waals surface area contributed by atoms with Crippen molar-refractivity contribution in [3.05, 3.63) is 15.0 Å². The van der Waals surface area contributed by atoms with Crippen LogP contribution in [-0.4, -0.2) is 23.8 Å². The van der Waals surface area contributed by atoms with Crippen molar-refractivity contribution >= 4 is 27.3 Å². The molecule has 13 heavy (non-hydrogen) atoms. The molecular weight excluding hydrogens is 254 g/mol. The number of hydrogen-bond acceptors (Lipinski definition) is 4. The second-order valence-electron chi connectivity index (χ2n) is 2.79. The Kier molecular flexibility index (Phi) is 3.85. The highest BCUT2D eigenvalue weighted by Gasteiger charge is 2.30. The first kappa shape index (κ1) is 11.1. The first-order chi connectivity index (χ1) is 6.12. The first-order valence-corrected chi connectivity index (χ1v) is 5.62. The molecule has 0 aromatic carbocycles. The van der Waals surface area contributed by atoms with Crippen LogP contribution in [-0.2, 0) is 10.3 Å². The van der Waals surface area contributed by atoms with Gasteiger partial charge in [-0.1, -0.05) is 6.92 Å². The van der Waals surface area contributed by atoms with Crippen molar-refractivity contribution in [3.8, 4) is 0 Å². The highest BCUT2D eigenvalue weighted by Crippen LogP contribution is 2.29. The molecule has 0 aliphatic rings. The Morgan fingerprint density at radius 1 is 1.77 bits per heavy atom. The lowest BCUT2D eigenvalue weighted by atomic mass is 10.0. The van der Waals surface area contributed by atoms with Gasteiger partial charge in [0, 0.05) is 12.5 Å². The molecule has 0 radical (unpaired) electrons. The van der Waals surface area contributed by atoms with E-state index in [9.17, 15) is 5.11 Å². The molecule has 74 valence electrons. The smallest absolute Gasteiger partial charge is 0.139 e. The van der Waals surface area contributed by atoms with Crippen LogP contribution in [0.3, 0.4) is 0 Å². The van der Waals surface area contributed by atoms with Gasteiger partial charge in [0.2, 0.25) is 0 Å². The molecule has 1 unspecified atom stereocenters. The molecule has 0 aliphatic heterocycles. The Hall–Kier alpha value is 0.0300. The maximum atomic E-state index is 10.1. The zero-order chi connectivity index (χ0) is 9.90. The highest BCUT2D eigenvalue weighted by atomic mass is 79.9. The fourth-order valence-corrected chi connectivity index (χ4v) is 2.43. The molecule has 1 N–H and O–H groups in total. The monoisotopic (exact) mass is 265 g/mol. The van der Waals surface area contributed by atoms with Crippen LogP contribution < -0.4 is 0 Å². The molecule has 0 saturated carbocycles. The van der Waals surface area contributed by atoms with Crippen molar-refractivity contribution in [2.45, 2.75) is 18.9 Å². The minimum Gasteiger partial charge on any atom is -0.381 e. The van der Waals surface area contributed by atoms with Crippen LogP contribution in [0, 0.1) is 0 Å². The van der Waals surface area contributed by atoms with E-state index < -0.39 is 5.60 Å². The standard InChI is InChI=1S/C8H12BrNO2S/c1-3-8(11,5-12-2)7-10-6(9)4-13-7/h4,11H,3,5H2,1-2H3. The topological polar surface area (TPSA) is 42.4 Å². The van der Waals surface area contributed by atoms with Crippen LogP contribution in [0.1, 0.15) is 18.4 Å². The molecule has 0 bridgehead atoms. The number of aliphatic hydroxyl groups is 1. The number of halogens is 1. The zero-order valence-corrected chi connectivity index (χ0v) is 9.98. The summed E-state index contributed by atoms with van der Waals surface area (Å²) in [6, 6.07) is 0. The molecule has 0 spiro atoms. The van der Waals surface area contributed by atoms with Crippen molar-refractivity contribution < 1.29 is 9.84 Å². The molecule has 5 heteroatoms. The lowest BCUT2D eigenvalue weighted by Gasteiger charge is -2.22. The maximum Gasteiger partial charge on any atom is 0.139 e. The van der Waals surface area contributed by atoms with Gasteiger partial charge in [-0.3, -0.25) is 0 Å². The van der Waals surface area contributed by atoms with Crippen molar-refractivity contribution in [2.24, 2.45) is 0 Å². The number of rotatable bonds is 4. The molecular formula is C8H12BrNO2S. The third-order valence-corrected chi connectivity index (χ3v) is 3.59. The number of ether oxygens (including phenoxy) is 1. The lowest BCUT2D eigenvalue weighted by molar-refractivity contribution is -0.0388. The van der Waals surface area contributed by atoms with Gasteiger partial charge in [0.1, 0.15) is 15.2 Å². The van der Waals surface area contributed by atoms with Gasteiger partial charge in [-0.2, -0.15) is 0 Å². The number of aromatic nitrogens is 1. The molecule has 1 rings (SSSR count). The van der Waals surface area contributed by atoms with Gasteiger partial charge in [-0.15, -0.1) is 11.3 Å². The number of thiazole rings is 1. The second-order valence-corrected chi connectivity index (χ2v) is 4.46. The van der Waals surface area contributed by atoms with Crippen molar-refractivity contribution in [1.29, 1.82) is 0 Å². The Balaban J connectivity index is 2.88. The third-order valence-electron chi connectivity index (χ3n) is 1.84. The summed E-state index contributed by atoms with van der Waals surface area (Å²) >= 11 is 4.69. The summed E-state index contributed by atoms with van der Waals surface area (Å²) in [6.45, 7) is 2.19. The van der Waals surface area contributed by atoms with E-state index in [1.54, 1.807) is 7.11 Å². The summed E-state index contributed by atoms with van der Waals surface area (Å²) < 4.78 is 5.72. The van der Waals surface area contributed by atoms with Crippen molar-refractivity contribution in [2.75, 3.05) is 13.7 Å². The van der Waals surface area contributed by atoms with Crippen LogP contribution in [0.2, 0.25) is 0 Å². The second kappa shape index (κ2) is 4.50. The van der Waals surface area contributed by atoms with Gasteiger partial charge in [0.05, 0.1) is 6.61 Å². The van der Waals surface area contributed by atoms with E-state index in [1.165, 1.54) is 11.3 Å². The molecule has 1 heterocycles. The van der Waals surface area contributed by atoms with E-state index in [4.69, 9.17) is 4.74 Å². The molecule has 0 saturated heterocycles. The molecule has 0 fully saturated rings. The van der Waals surface area contributed by atoms with Gasteiger partial charge in [-0.05, 0) is 22.4 Å². The van der Waals surface area contributed by atoms with Gasteiger partial charge >= 0.3 is 0 Å². The Morgan fingerprint density at radius 3 is 2.85 bits per heavy atom. The normalized spacial score (nSPS) is 15.7. The van der Waals surface area contributed by atoms with E-state index in [1.807, 2.05) is 12.3 Å². The number of nitrogens with zero attached hydrogens (tertiary/aromatic N) is 1. The Labute approximate surface area is 89.9 Å². The third kappa shape index (κ3) is 2.49. The minimum absolute atomic E-state index is 0.281. The van der Waals surface area contributed by atoms with Gasteiger partial charge in [0.15, 0.2) is 0 Å². The van der Waals surface area contributed by atoms with Gasteiger partial charge < -0.3 is 9.84 Å². The predicted octanol–water partition coefficient (Wildman–Crippen LogP) is 2.15. The van der Waals surface area contributed by atoms with Crippen LogP contribution in [0.15, 0.2) is 9.98 Å². The quantitative estimate of drug-likeness (QED) is 0.908. The lowest BCUT2D eigenvalue weighted by Crippen LogP contribution is -2.30.